The Hall–Kier alpha value is -1.91. The van der Waals surface area contributed by atoms with Gasteiger partial charge in [0.15, 0.2) is 5.11 Å². The Bertz CT molecular complexity index is 618. The summed E-state index contributed by atoms with van der Waals surface area (Å²) in [6.07, 6.45) is 1.05. The summed E-state index contributed by atoms with van der Waals surface area (Å²) < 4.78 is 0. The van der Waals surface area contributed by atoms with Crippen molar-refractivity contribution in [2.45, 2.75) is 26.4 Å². The summed E-state index contributed by atoms with van der Waals surface area (Å²) in [5.41, 5.74) is 4.93. The molecule has 0 aromatic heterocycles. The molecule has 0 aliphatic heterocycles. The Morgan fingerprint density at radius 1 is 0.913 bits per heavy atom. The molecule has 3 nitrogen and oxygen atoms in total. The Morgan fingerprint density at radius 2 is 1.48 bits per heavy atom. The van der Waals surface area contributed by atoms with E-state index in [1.54, 1.807) is 0 Å². The van der Waals surface area contributed by atoms with Crippen LogP contribution in [-0.2, 0) is 19.5 Å². The maximum atomic E-state index is 5.35. The summed E-state index contributed by atoms with van der Waals surface area (Å²) in [5.74, 6) is 0. The molecule has 0 fully saturated rings. The molecule has 3 N–H and O–H groups in total. The summed E-state index contributed by atoms with van der Waals surface area (Å²) >= 11 is 5.35. The molecule has 0 unspecified atom stereocenters. The molecule has 0 spiro atoms. The fourth-order valence-corrected chi connectivity index (χ4v) is 2.55. The fraction of sp³-hybridized carbons (Fsp3) is 0.316. The first-order valence-electron chi connectivity index (χ1n) is 8.07. The van der Waals surface area contributed by atoms with Gasteiger partial charge in [-0.15, -0.1) is 0 Å². The first-order valence-corrected chi connectivity index (χ1v) is 8.48. The Labute approximate surface area is 144 Å². The van der Waals surface area contributed by atoms with Gasteiger partial charge in [-0.05, 0) is 41.9 Å². The van der Waals surface area contributed by atoms with Gasteiger partial charge in [0.2, 0.25) is 0 Å². The van der Waals surface area contributed by atoms with Gasteiger partial charge in [-0.3, -0.25) is 0 Å². The Morgan fingerprint density at radius 3 is 2.04 bits per heavy atom. The maximum absolute atomic E-state index is 5.35. The molecule has 23 heavy (non-hydrogen) atoms. The molecule has 2 aromatic rings. The minimum Gasteiger partial charge on any atom is -0.358 e. The van der Waals surface area contributed by atoms with Crippen LogP contribution in [0.4, 0.5) is 5.69 Å². The zero-order chi connectivity index (χ0) is 16.7. The quantitative estimate of drug-likeness (QED) is 0.711. The zero-order valence-corrected chi connectivity index (χ0v) is 15.0. The highest BCUT2D eigenvalue weighted by atomic mass is 32.1. The van der Waals surface area contributed by atoms with Crippen molar-refractivity contribution in [3.05, 3.63) is 65.2 Å². The number of hydrogen-bond donors (Lipinski definition) is 3. The largest absolute Gasteiger partial charge is 0.358 e. The lowest BCUT2D eigenvalue weighted by Gasteiger charge is -2.12. The van der Waals surface area contributed by atoms with Crippen LogP contribution in [-0.4, -0.2) is 19.2 Å². The second kappa shape index (κ2) is 8.65. The van der Waals surface area contributed by atoms with Gasteiger partial charge in [0.25, 0.3) is 0 Å². The van der Waals surface area contributed by atoms with Gasteiger partial charge in [0.1, 0.15) is 6.54 Å². The maximum Gasteiger partial charge on any atom is 0.171 e. The topological polar surface area (TPSA) is 28.5 Å². The van der Waals surface area contributed by atoms with Crippen molar-refractivity contribution in [2.75, 3.05) is 19.4 Å². The highest BCUT2D eigenvalue weighted by Crippen LogP contribution is 2.10. The highest BCUT2D eigenvalue weighted by Gasteiger charge is 2.01. The molecule has 0 atom stereocenters. The highest BCUT2D eigenvalue weighted by molar-refractivity contribution is 7.80. The van der Waals surface area contributed by atoms with Crippen molar-refractivity contribution >= 4 is 23.0 Å². The predicted molar refractivity (Wildman–Crippen MR) is 102 cm³/mol. The summed E-state index contributed by atoms with van der Waals surface area (Å²) in [6, 6.07) is 17.0. The third-order valence-electron chi connectivity index (χ3n) is 3.65. The molecule has 0 saturated heterocycles. The normalized spacial score (nSPS) is 10.6. The lowest BCUT2D eigenvalue weighted by atomic mass is 10.1. The van der Waals surface area contributed by atoms with Gasteiger partial charge in [-0.1, -0.05) is 43.3 Å². The molecule has 4 heteroatoms. The van der Waals surface area contributed by atoms with Crippen LogP contribution in [0.25, 0.3) is 0 Å². The lowest BCUT2D eigenvalue weighted by molar-refractivity contribution is -0.872. The smallest absolute Gasteiger partial charge is 0.171 e. The van der Waals surface area contributed by atoms with Crippen LogP contribution in [0.1, 0.15) is 23.6 Å². The molecule has 0 saturated carbocycles. The van der Waals surface area contributed by atoms with E-state index in [1.165, 1.54) is 21.6 Å². The molecule has 2 aromatic carbocycles. The van der Waals surface area contributed by atoms with Crippen LogP contribution in [0.3, 0.4) is 0 Å². The van der Waals surface area contributed by atoms with E-state index < -0.39 is 0 Å². The summed E-state index contributed by atoms with van der Waals surface area (Å²) in [6.45, 7) is 3.93. The average molecular weight is 329 g/mol. The van der Waals surface area contributed by atoms with Crippen molar-refractivity contribution < 1.29 is 4.90 Å². The number of hydrogen-bond acceptors (Lipinski definition) is 1. The second-order valence-corrected chi connectivity index (χ2v) is 6.47. The van der Waals surface area contributed by atoms with Gasteiger partial charge < -0.3 is 15.5 Å². The van der Waals surface area contributed by atoms with E-state index in [2.05, 4.69) is 80.2 Å². The number of rotatable bonds is 6. The van der Waals surface area contributed by atoms with E-state index in [1.807, 2.05) is 0 Å². The number of nitrogens with one attached hydrogen (secondary N) is 3. The van der Waals surface area contributed by atoms with E-state index in [9.17, 15) is 0 Å². The number of thiocarbonyl (C=S) groups is 1. The number of quaternary nitrogens is 1. The second-order valence-electron chi connectivity index (χ2n) is 6.06. The van der Waals surface area contributed by atoms with E-state index in [4.69, 9.17) is 12.2 Å². The van der Waals surface area contributed by atoms with Crippen LogP contribution in [0.15, 0.2) is 48.5 Å². The third-order valence-corrected chi connectivity index (χ3v) is 3.90. The third kappa shape index (κ3) is 6.00. The minimum atomic E-state index is 0.649. The monoisotopic (exact) mass is 328 g/mol. The fourth-order valence-electron chi connectivity index (χ4n) is 2.36. The van der Waals surface area contributed by atoms with Crippen LogP contribution in [0.2, 0.25) is 0 Å². The molecule has 0 bridgehead atoms. The SMILES string of the molecule is CCc1ccc(NC(=S)NCc2ccc(C[NH+](C)C)cc2)cc1. The van der Waals surface area contributed by atoms with Gasteiger partial charge in [0, 0.05) is 17.8 Å². The summed E-state index contributed by atoms with van der Waals surface area (Å²) in [7, 11) is 4.32. The first-order chi connectivity index (χ1) is 11.1. The lowest BCUT2D eigenvalue weighted by Crippen LogP contribution is -3.04. The van der Waals surface area contributed by atoms with Crippen LogP contribution < -0.4 is 15.5 Å². The van der Waals surface area contributed by atoms with E-state index in [0.29, 0.717) is 5.11 Å². The number of benzene rings is 2. The van der Waals surface area contributed by atoms with Crippen LogP contribution >= 0.6 is 12.2 Å². The Kier molecular flexibility index (Phi) is 6.56. The number of anilines is 1. The standard InChI is InChI=1S/C19H25N3S/c1-4-15-9-11-18(12-10-15)21-19(23)20-13-16-5-7-17(8-6-16)14-22(2)3/h5-12H,4,13-14H2,1-3H3,(H2,20,21,23)/p+1. The zero-order valence-electron chi connectivity index (χ0n) is 14.1. The summed E-state index contributed by atoms with van der Waals surface area (Å²) in [4.78, 5) is 1.43. The van der Waals surface area contributed by atoms with E-state index in [-0.39, 0.29) is 0 Å². The molecule has 2 rings (SSSR count). The van der Waals surface area contributed by atoms with Gasteiger partial charge in [-0.25, -0.2) is 0 Å². The van der Waals surface area contributed by atoms with Gasteiger partial charge >= 0.3 is 0 Å². The summed E-state index contributed by atoms with van der Waals surface area (Å²) in [5, 5.41) is 7.12. The predicted octanol–water partition coefficient (Wildman–Crippen LogP) is 2.38. The van der Waals surface area contributed by atoms with Crippen molar-refractivity contribution in [3.8, 4) is 0 Å². The van der Waals surface area contributed by atoms with E-state index in [0.717, 1.165) is 25.2 Å². The van der Waals surface area contributed by atoms with Gasteiger partial charge in [0.05, 0.1) is 14.1 Å². The Balaban J connectivity index is 1.81. The molecule has 0 aliphatic rings. The van der Waals surface area contributed by atoms with Crippen LogP contribution in [0.5, 0.6) is 0 Å². The molecule has 0 radical (unpaired) electrons. The molecular weight excluding hydrogens is 302 g/mol. The average Bonchev–Trinajstić information content (AvgIpc) is 2.54. The van der Waals surface area contributed by atoms with Crippen molar-refractivity contribution in [3.63, 3.8) is 0 Å². The molecule has 0 amide bonds. The van der Waals surface area contributed by atoms with Crippen molar-refractivity contribution in [1.82, 2.24) is 5.32 Å². The molecule has 0 aliphatic carbocycles. The van der Waals surface area contributed by atoms with Crippen molar-refractivity contribution in [2.24, 2.45) is 0 Å². The molecule has 0 heterocycles. The van der Waals surface area contributed by atoms with Crippen LogP contribution in [0, 0.1) is 0 Å². The van der Waals surface area contributed by atoms with Gasteiger partial charge in [-0.2, -0.15) is 0 Å². The van der Waals surface area contributed by atoms with Crippen molar-refractivity contribution in [1.29, 1.82) is 0 Å². The van der Waals surface area contributed by atoms with E-state index >= 15 is 0 Å². The first kappa shape index (κ1) is 17.4. The molecule has 122 valence electrons. The minimum absolute atomic E-state index is 0.649. The number of aryl methyl sites for hydroxylation is 1. The molecular formula is C19H26N3S+.